The molecule has 1 heteroatoms. The minimum atomic E-state index is 0.912. The molecule has 0 atom stereocenters. The van der Waals surface area contributed by atoms with E-state index in [1.54, 1.807) is 0 Å². The predicted molar refractivity (Wildman–Crippen MR) is 243 cm³/mol. The number of fused-ring (bicyclic) bond motifs is 10. The molecule has 12 rings (SSSR count). The number of para-hydroxylation sites is 1. The average molecular weight is 723 g/mol. The molecular formula is C56H34O. The van der Waals surface area contributed by atoms with Gasteiger partial charge in [-0.05, 0) is 129 Å². The Morgan fingerprint density at radius 2 is 0.596 bits per heavy atom. The quantitative estimate of drug-likeness (QED) is 0.130. The van der Waals surface area contributed by atoms with Gasteiger partial charge in [0.1, 0.15) is 11.2 Å². The molecule has 0 unspecified atom stereocenters. The van der Waals surface area contributed by atoms with Crippen LogP contribution in [-0.2, 0) is 0 Å². The summed E-state index contributed by atoms with van der Waals surface area (Å²) in [5.41, 5.74) is 11.6. The van der Waals surface area contributed by atoms with Crippen molar-refractivity contribution >= 4 is 75.8 Å². The van der Waals surface area contributed by atoms with Gasteiger partial charge < -0.3 is 4.42 Å². The van der Waals surface area contributed by atoms with E-state index in [0.717, 1.165) is 27.5 Å². The lowest BCUT2D eigenvalue weighted by Crippen LogP contribution is -1.91. The first-order valence-electron chi connectivity index (χ1n) is 19.7. The van der Waals surface area contributed by atoms with Gasteiger partial charge in [0, 0.05) is 10.8 Å². The van der Waals surface area contributed by atoms with Crippen LogP contribution >= 0.6 is 0 Å². The van der Waals surface area contributed by atoms with Crippen molar-refractivity contribution in [3.8, 4) is 44.5 Å². The van der Waals surface area contributed by atoms with Crippen LogP contribution in [0.15, 0.2) is 211 Å². The maximum absolute atomic E-state index is 6.35. The van der Waals surface area contributed by atoms with Gasteiger partial charge in [-0.15, -0.1) is 0 Å². The Balaban J connectivity index is 1.04. The number of hydrogen-bond donors (Lipinski definition) is 0. The fourth-order valence-corrected chi connectivity index (χ4v) is 9.49. The first-order valence-corrected chi connectivity index (χ1v) is 19.7. The Kier molecular flexibility index (Phi) is 7.00. The fraction of sp³-hybridized carbons (Fsp3) is 0. The lowest BCUT2D eigenvalue weighted by molar-refractivity contribution is 0.669. The zero-order chi connectivity index (χ0) is 37.5. The summed E-state index contributed by atoms with van der Waals surface area (Å²) in [7, 11) is 0. The molecule has 0 N–H and O–H groups in total. The molecule has 264 valence electrons. The van der Waals surface area contributed by atoms with E-state index in [4.69, 9.17) is 4.42 Å². The van der Waals surface area contributed by atoms with Gasteiger partial charge in [0.2, 0.25) is 0 Å². The van der Waals surface area contributed by atoms with E-state index in [1.807, 2.05) is 12.1 Å². The zero-order valence-corrected chi connectivity index (χ0v) is 31.0. The van der Waals surface area contributed by atoms with Crippen LogP contribution in [0.4, 0.5) is 0 Å². The van der Waals surface area contributed by atoms with Crippen molar-refractivity contribution in [2.24, 2.45) is 0 Å². The predicted octanol–water partition coefficient (Wildman–Crippen LogP) is 16.0. The summed E-state index contributed by atoms with van der Waals surface area (Å²) in [6.45, 7) is 0. The molecule has 0 bridgehead atoms. The van der Waals surface area contributed by atoms with Crippen molar-refractivity contribution in [1.82, 2.24) is 0 Å². The van der Waals surface area contributed by atoms with Gasteiger partial charge >= 0.3 is 0 Å². The molecule has 0 aliphatic carbocycles. The molecule has 0 saturated carbocycles. The van der Waals surface area contributed by atoms with Crippen LogP contribution in [0, 0.1) is 0 Å². The second-order valence-corrected chi connectivity index (χ2v) is 15.1. The molecular weight excluding hydrogens is 689 g/mol. The van der Waals surface area contributed by atoms with Gasteiger partial charge in [-0.1, -0.05) is 176 Å². The summed E-state index contributed by atoms with van der Waals surface area (Å²) < 4.78 is 6.35. The summed E-state index contributed by atoms with van der Waals surface area (Å²) in [4.78, 5) is 0. The molecule has 0 amide bonds. The van der Waals surface area contributed by atoms with E-state index in [0.29, 0.717) is 0 Å². The van der Waals surface area contributed by atoms with Crippen molar-refractivity contribution in [3.63, 3.8) is 0 Å². The van der Waals surface area contributed by atoms with Crippen LogP contribution in [0.5, 0.6) is 0 Å². The molecule has 0 fully saturated rings. The minimum Gasteiger partial charge on any atom is -0.456 e. The smallest absolute Gasteiger partial charge is 0.136 e. The Bertz CT molecular complexity index is 3500. The van der Waals surface area contributed by atoms with Gasteiger partial charge in [0.15, 0.2) is 0 Å². The molecule has 1 aromatic heterocycles. The van der Waals surface area contributed by atoms with Crippen molar-refractivity contribution in [3.05, 3.63) is 206 Å². The largest absolute Gasteiger partial charge is 0.456 e. The van der Waals surface area contributed by atoms with E-state index >= 15 is 0 Å². The highest BCUT2D eigenvalue weighted by Crippen LogP contribution is 2.46. The highest BCUT2D eigenvalue weighted by atomic mass is 16.3. The van der Waals surface area contributed by atoms with Crippen molar-refractivity contribution in [1.29, 1.82) is 0 Å². The van der Waals surface area contributed by atoms with Crippen LogP contribution in [0.3, 0.4) is 0 Å². The Hall–Kier alpha value is -7.48. The van der Waals surface area contributed by atoms with Gasteiger partial charge in [0.05, 0.1) is 0 Å². The van der Waals surface area contributed by atoms with Crippen molar-refractivity contribution < 1.29 is 4.42 Å². The third kappa shape index (κ3) is 4.89. The lowest BCUT2D eigenvalue weighted by Gasteiger charge is -2.18. The third-order valence-electron chi connectivity index (χ3n) is 12.1. The molecule has 0 saturated heterocycles. The highest BCUT2D eigenvalue weighted by Gasteiger charge is 2.18. The highest BCUT2D eigenvalue weighted by molar-refractivity contribution is 6.25. The molecule has 1 heterocycles. The van der Waals surface area contributed by atoms with Gasteiger partial charge in [-0.3, -0.25) is 0 Å². The maximum atomic E-state index is 6.35. The van der Waals surface area contributed by atoms with Crippen LogP contribution in [0.2, 0.25) is 0 Å². The normalized spacial score (nSPS) is 11.9. The Labute approximate surface area is 329 Å². The van der Waals surface area contributed by atoms with E-state index < -0.39 is 0 Å². The third-order valence-corrected chi connectivity index (χ3v) is 12.1. The fourth-order valence-electron chi connectivity index (χ4n) is 9.49. The topological polar surface area (TPSA) is 13.1 Å². The van der Waals surface area contributed by atoms with E-state index in [-0.39, 0.29) is 0 Å². The van der Waals surface area contributed by atoms with Crippen LogP contribution in [0.25, 0.3) is 120 Å². The standard InChI is InChI=1S/C56H34O/c1-2-14-36(15-3-1)55-45-21-8-10-23-47(45)56(48-24-11-9-22-46(48)55)37-28-26-35(27-29-37)49-33-51-42-19-7-5-17-40(42)50(34-52(51)41-18-6-4-16-39(41)49)38-30-31-44-43-20-12-13-25-53(43)57-54(44)32-38/h1-34H. The molecule has 12 aromatic rings. The Morgan fingerprint density at radius 1 is 0.211 bits per heavy atom. The molecule has 57 heavy (non-hydrogen) atoms. The van der Waals surface area contributed by atoms with Crippen molar-refractivity contribution in [2.75, 3.05) is 0 Å². The minimum absolute atomic E-state index is 0.912. The number of hydrogen-bond acceptors (Lipinski definition) is 1. The van der Waals surface area contributed by atoms with Crippen LogP contribution < -0.4 is 0 Å². The second-order valence-electron chi connectivity index (χ2n) is 15.1. The summed E-state index contributed by atoms with van der Waals surface area (Å²) in [6, 6.07) is 75.3. The van der Waals surface area contributed by atoms with Gasteiger partial charge in [-0.25, -0.2) is 0 Å². The van der Waals surface area contributed by atoms with Gasteiger partial charge in [-0.2, -0.15) is 0 Å². The molecule has 11 aromatic carbocycles. The van der Waals surface area contributed by atoms with E-state index in [1.165, 1.54) is 92.8 Å². The molecule has 0 spiro atoms. The van der Waals surface area contributed by atoms with E-state index in [2.05, 4.69) is 194 Å². The summed E-state index contributed by atoms with van der Waals surface area (Å²) in [6.07, 6.45) is 0. The summed E-state index contributed by atoms with van der Waals surface area (Å²) in [5, 5.41) is 14.8. The number of benzene rings is 11. The molecule has 1 nitrogen and oxygen atoms in total. The van der Waals surface area contributed by atoms with Crippen molar-refractivity contribution in [2.45, 2.75) is 0 Å². The Morgan fingerprint density at radius 3 is 1.16 bits per heavy atom. The second kappa shape index (κ2) is 12.5. The molecule has 0 aliphatic rings. The maximum Gasteiger partial charge on any atom is 0.136 e. The first kappa shape index (κ1) is 31.8. The monoisotopic (exact) mass is 722 g/mol. The number of rotatable bonds is 4. The summed E-state index contributed by atoms with van der Waals surface area (Å²) in [5.74, 6) is 0. The first-order chi connectivity index (χ1) is 28.3. The van der Waals surface area contributed by atoms with Crippen LogP contribution in [0.1, 0.15) is 0 Å². The lowest BCUT2D eigenvalue weighted by atomic mass is 9.85. The zero-order valence-electron chi connectivity index (χ0n) is 31.0. The summed E-state index contributed by atoms with van der Waals surface area (Å²) >= 11 is 0. The average Bonchev–Trinajstić information content (AvgIpc) is 3.66. The number of furan rings is 1. The van der Waals surface area contributed by atoms with Crippen LogP contribution in [-0.4, -0.2) is 0 Å². The SMILES string of the molecule is c1ccc(-c2c3ccccc3c(-c3ccc(-c4cc5c6ccccc6c(-c6ccc7c(c6)oc6ccccc67)cc5c5ccccc45)cc3)c3ccccc23)cc1. The van der Waals surface area contributed by atoms with Gasteiger partial charge in [0.25, 0.3) is 0 Å². The van der Waals surface area contributed by atoms with E-state index in [9.17, 15) is 0 Å². The molecule has 0 aliphatic heterocycles. The molecule has 0 radical (unpaired) electrons.